The number of benzene rings is 1. The van der Waals surface area contributed by atoms with Crippen LogP contribution in [0.1, 0.15) is 16.0 Å². The maximum atomic E-state index is 5.66. The molecule has 0 saturated heterocycles. The van der Waals surface area contributed by atoms with E-state index < -0.39 is 0 Å². The minimum atomic E-state index is 0.611. The average Bonchev–Trinajstić information content (AvgIpc) is 2.88. The Balaban J connectivity index is 2.02. The van der Waals surface area contributed by atoms with Crippen LogP contribution < -0.4 is 10.6 Å². The first-order chi connectivity index (χ1) is 8.70. The molecular formula is C15H20N2S. The summed E-state index contributed by atoms with van der Waals surface area (Å²) in [4.78, 5) is 3.76. The minimum absolute atomic E-state index is 0.611. The molecule has 0 spiro atoms. The average molecular weight is 260 g/mol. The first kappa shape index (κ1) is 13.1. The van der Waals surface area contributed by atoms with Gasteiger partial charge in [-0.05, 0) is 42.0 Å². The number of aryl methyl sites for hydroxylation is 1. The van der Waals surface area contributed by atoms with Gasteiger partial charge >= 0.3 is 0 Å². The summed E-state index contributed by atoms with van der Waals surface area (Å²) in [5.41, 5.74) is 9.45. The Labute approximate surface area is 113 Å². The van der Waals surface area contributed by atoms with Crippen molar-refractivity contribution >= 4 is 17.0 Å². The van der Waals surface area contributed by atoms with Crippen molar-refractivity contribution in [1.29, 1.82) is 0 Å². The van der Waals surface area contributed by atoms with Crippen LogP contribution in [0.4, 0.5) is 5.69 Å². The van der Waals surface area contributed by atoms with Crippen molar-refractivity contribution in [3.05, 3.63) is 51.7 Å². The molecule has 1 aromatic heterocycles. The molecule has 0 amide bonds. The van der Waals surface area contributed by atoms with E-state index in [-0.39, 0.29) is 0 Å². The Morgan fingerprint density at radius 3 is 2.72 bits per heavy atom. The molecule has 0 unspecified atom stereocenters. The SMILES string of the molecule is Cc1cc(CN)ccc1N(C)CCc1cccs1. The van der Waals surface area contributed by atoms with Crippen molar-refractivity contribution < 1.29 is 0 Å². The quantitative estimate of drug-likeness (QED) is 0.894. The van der Waals surface area contributed by atoms with Crippen LogP contribution in [-0.4, -0.2) is 13.6 Å². The maximum Gasteiger partial charge on any atom is 0.0393 e. The minimum Gasteiger partial charge on any atom is -0.374 e. The van der Waals surface area contributed by atoms with Crippen LogP contribution in [0.25, 0.3) is 0 Å². The van der Waals surface area contributed by atoms with Gasteiger partial charge in [-0.2, -0.15) is 0 Å². The van der Waals surface area contributed by atoms with Gasteiger partial charge in [0.2, 0.25) is 0 Å². The fraction of sp³-hybridized carbons (Fsp3) is 0.333. The van der Waals surface area contributed by atoms with Crippen molar-refractivity contribution in [1.82, 2.24) is 0 Å². The van der Waals surface area contributed by atoms with Gasteiger partial charge in [0.05, 0.1) is 0 Å². The largest absolute Gasteiger partial charge is 0.374 e. The molecule has 0 aliphatic carbocycles. The first-order valence-electron chi connectivity index (χ1n) is 6.24. The van der Waals surface area contributed by atoms with E-state index in [1.54, 1.807) is 0 Å². The van der Waals surface area contributed by atoms with Crippen LogP contribution in [0, 0.1) is 6.92 Å². The standard InChI is InChI=1S/C15H20N2S/c1-12-10-13(11-16)5-6-15(12)17(2)8-7-14-4-3-9-18-14/h3-6,9-10H,7-8,11,16H2,1-2H3. The second kappa shape index (κ2) is 6.03. The monoisotopic (exact) mass is 260 g/mol. The zero-order chi connectivity index (χ0) is 13.0. The van der Waals surface area contributed by atoms with Gasteiger partial charge in [0, 0.05) is 30.7 Å². The molecule has 2 rings (SSSR count). The normalized spacial score (nSPS) is 10.6. The lowest BCUT2D eigenvalue weighted by Crippen LogP contribution is -2.21. The number of hydrogen-bond acceptors (Lipinski definition) is 3. The Morgan fingerprint density at radius 1 is 1.28 bits per heavy atom. The molecule has 1 aromatic carbocycles. The van der Waals surface area contributed by atoms with Gasteiger partial charge in [-0.1, -0.05) is 18.2 Å². The van der Waals surface area contributed by atoms with Crippen molar-refractivity contribution in [3.63, 3.8) is 0 Å². The van der Waals surface area contributed by atoms with Crippen LogP contribution in [0.2, 0.25) is 0 Å². The van der Waals surface area contributed by atoms with Crippen molar-refractivity contribution in [3.8, 4) is 0 Å². The summed E-state index contributed by atoms with van der Waals surface area (Å²) in [6.45, 7) is 3.81. The predicted molar refractivity (Wildman–Crippen MR) is 80.4 cm³/mol. The predicted octanol–water partition coefficient (Wildman–Crippen LogP) is 3.19. The molecular weight excluding hydrogens is 240 g/mol. The van der Waals surface area contributed by atoms with Crippen LogP contribution in [-0.2, 0) is 13.0 Å². The lowest BCUT2D eigenvalue weighted by atomic mass is 10.1. The highest BCUT2D eigenvalue weighted by atomic mass is 32.1. The highest BCUT2D eigenvalue weighted by molar-refractivity contribution is 7.09. The van der Waals surface area contributed by atoms with Gasteiger partial charge in [-0.3, -0.25) is 0 Å². The van der Waals surface area contributed by atoms with E-state index in [0.29, 0.717) is 6.54 Å². The molecule has 2 aromatic rings. The van der Waals surface area contributed by atoms with Crippen LogP contribution in [0.3, 0.4) is 0 Å². The molecule has 96 valence electrons. The lowest BCUT2D eigenvalue weighted by molar-refractivity contribution is 0.882. The van der Waals surface area contributed by atoms with Crippen LogP contribution >= 0.6 is 11.3 Å². The Bertz CT molecular complexity index is 491. The first-order valence-corrected chi connectivity index (χ1v) is 7.12. The molecule has 0 bridgehead atoms. The van der Waals surface area contributed by atoms with Crippen LogP contribution in [0.5, 0.6) is 0 Å². The molecule has 0 fully saturated rings. The third-order valence-corrected chi connectivity index (χ3v) is 4.12. The molecule has 1 heterocycles. The van der Waals surface area contributed by atoms with E-state index in [0.717, 1.165) is 13.0 Å². The molecule has 2 N–H and O–H groups in total. The van der Waals surface area contributed by atoms with Gasteiger partial charge < -0.3 is 10.6 Å². The summed E-state index contributed by atoms with van der Waals surface area (Å²) in [6, 6.07) is 10.8. The van der Waals surface area contributed by atoms with Crippen molar-refractivity contribution in [2.75, 3.05) is 18.5 Å². The van der Waals surface area contributed by atoms with Crippen molar-refractivity contribution in [2.24, 2.45) is 5.73 Å². The molecule has 0 radical (unpaired) electrons. The van der Waals surface area contributed by atoms with E-state index in [1.807, 2.05) is 11.3 Å². The second-order valence-corrected chi connectivity index (χ2v) is 5.61. The number of hydrogen-bond donors (Lipinski definition) is 1. The highest BCUT2D eigenvalue weighted by Gasteiger charge is 2.05. The molecule has 18 heavy (non-hydrogen) atoms. The summed E-state index contributed by atoms with van der Waals surface area (Å²) in [5, 5.41) is 2.14. The smallest absolute Gasteiger partial charge is 0.0393 e. The Kier molecular flexibility index (Phi) is 4.39. The van der Waals surface area contributed by atoms with E-state index in [1.165, 1.54) is 21.7 Å². The number of nitrogens with two attached hydrogens (primary N) is 1. The Hall–Kier alpha value is -1.32. The van der Waals surface area contributed by atoms with Crippen molar-refractivity contribution in [2.45, 2.75) is 19.9 Å². The van der Waals surface area contributed by atoms with Gasteiger partial charge in [0.15, 0.2) is 0 Å². The van der Waals surface area contributed by atoms with E-state index in [2.05, 4.69) is 54.6 Å². The summed E-state index contributed by atoms with van der Waals surface area (Å²) in [5.74, 6) is 0. The Morgan fingerprint density at radius 2 is 2.11 bits per heavy atom. The number of anilines is 1. The van der Waals surface area contributed by atoms with Crippen LogP contribution in [0.15, 0.2) is 35.7 Å². The van der Waals surface area contributed by atoms with Gasteiger partial charge in [-0.15, -0.1) is 11.3 Å². The number of thiophene rings is 1. The fourth-order valence-electron chi connectivity index (χ4n) is 2.13. The zero-order valence-electron chi connectivity index (χ0n) is 11.0. The summed E-state index contributed by atoms with van der Waals surface area (Å²) in [6.07, 6.45) is 1.10. The third-order valence-electron chi connectivity index (χ3n) is 3.18. The summed E-state index contributed by atoms with van der Waals surface area (Å²) in [7, 11) is 2.15. The number of nitrogens with zero attached hydrogens (tertiary/aromatic N) is 1. The van der Waals surface area contributed by atoms with E-state index in [9.17, 15) is 0 Å². The van der Waals surface area contributed by atoms with Gasteiger partial charge in [0.1, 0.15) is 0 Å². The second-order valence-electron chi connectivity index (χ2n) is 4.58. The summed E-state index contributed by atoms with van der Waals surface area (Å²) >= 11 is 1.83. The van der Waals surface area contributed by atoms with E-state index >= 15 is 0 Å². The molecule has 0 aliphatic heterocycles. The molecule has 3 heteroatoms. The zero-order valence-corrected chi connectivity index (χ0v) is 11.8. The highest BCUT2D eigenvalue weighted by Crippen LogP contribution is 2.21. The molecule has 0 aliphatic rings. The third kappa shape index (κ3) is 3.12. The molecule has 2 nitrogen and oxygen atoms in total. The maximum absolute atomic E-state index is 5.66. The fourth-order valence-corrected chi connectivity index (χ4v) is 2.82. The van der Waals surface area contributed by atoms with Gasteiger partial charge in [-0.25, -0.2) is 0 Å². The molecule has 0 atom stereocenters. The number of likely N-dealkylation sites (N-methyl/N-ethyl adjacent to an activating group) is 1. The number of rotatable bonds is 5. The van der Waals surface area contributed by atoms with E-state index in [4.69, 9.17) is 5.73 Å². The molecule has 0 saturated carbocycles. The topological polar surface area (TPSA) is 29.3 Å². The summed E-state index contributed by atoms with van der Waals surface area (Å²) < 4.78 is 0. The lowest BCUT2D eigenvalue weighted by Gasteiger charge is -2.21. The van der Waals surface area contributed by atoms with Gasteiger partial charge in [0.25, 0.3) is 0 Å².